The SMILES string of the molecule is CCOCCn1c(O)c(-c2ccccc2)c(-c2ccccc2)c1O. The lowest BCUT2D eigenvalue weighted by Crippen LogP contribution is -2.05. The first-order valence-electron chi connectivity index (χ1n) is 8.07. The van der Waals surface area contributed by atoms with E-state index in [4.69, 9.17) is 4.74 Å². The number of rotatable bonds is 6. The van der Waals surface area contributed by atoms with Crippen LogP contribution in [0.1, 0.15) is 6.92 Å². The average molecular weight is 323 g/mol. The Morgan fingerprint density at radius 1 is 0.792 bits per heavy atom. The molecule has 0 fully saturated rings. The molecular formula is C20H21NO3. The van der Waals surface area contributed by atoms with Crippen molar-refractivity contribution in [3.63, 3.8) is 0 Å². The Morgan fingerprint density at radius 3 is 1.67 bits per heavy atom. The van der Waals surface area contributed by atoms with Crippen LogP contribution in [0.25, 0.3) is 22.3 Å². The molecule has 0 saturated heterocycles. The van der Waals surface area contributed by atoms with E-state index in [1.807, 2.05) is 67.6 Å². The van der Waals surface area contributed by atoms with Crippen LogP contribution in [0, 0.1) is 0 Å². The lowest BCUT2D eigenvalue weighted by atomic mass is 9.98. The normalized spacial score (nSPS) is 10.9. The molecule has 0 saturated carbocycles. The molecule has 0 atom stereocenters. The predicted octanol–water partition coefficient (Wildman–Crippen LogP) is 4.27. The number of hydrogen-bond donors (Lipinski definition) is 2. The van der Waals surface area contributed by atoms with Crippen molar-refractivity contribution < 1.29 is 14.9 Å². The monoisotopic (exact) mass is 323 g/mol. The van der Waals surface area contributed by atoms with E-state index in [1.165, 1.54) is 4.57 Å². The van der Waals surface area contributed by atoms with E-state index < -0.39 is 0 Å². The van der Waals surface area contributed by atoms with Gasteiger partial charge in [0.05, 0.1) is 24.3 Å². The Labute approximate surface area is 141 Å². The van der Waals surface area contributed by atoms with E-state index in [1.54, 1.807) is 0 Å². The number of hydrogen-bond acceptors (Lipinski definition) is 3. The van der Waals surface area contributed by atoms with Crippen molar-refractivity contribution in [1.29, 1.82) is 0 Å². The number of aromatic hydroxyl groups is 2. The van der Waals surface area contributed by atoms with Crippen molar-refractivity contribution >= 4 is 0 Å². The molecule has 3 rings (SSSR count). The second-order valence-corrected chi connectivity index (χ2v) is 5.48. The average Bonchev–Trinajstić information content (AvgIpc) is 2.88. The smallest absolute Gasteiger partial charge is 0.202 e. The van der Waals surface area contributed by atoms with E-state index in [2.05, 4.69) is 0 Å². The second-order valence-electron chi connectivity index (χ2n) is 5.48. The van der Waals surface area contributed by atoms with Gasteiger partial charge in [0.1, 0.15) is 0 Å². The summed E-state index contributed by atoms with van der Waals surface area (Å²) in [5, 5.41) is 21.5. The molecular weight excluding hydrogens is 302 g/mol. The second kappa shape index (κ2) is 7.23. The summed E-state index contributed by atoms with van der Waals surface area (Å²) >= 11 is 0. The topological polar surface area (TPSA) is 54.6 Å². The third-order valence-corrected chi connectivity index (χ3v) is 4.00. The molecule has 4 nitrogen and oxygen atoms in total. The highest BCUT2D eigenvalue weighted by Gasteiger charge is 2.24. The molecule has 0 aliphatic carbocycles. The Hall–Kier alpha value is -2.72. The van der Waals surface area contributed by atoms with Crippen LogP contribution in [-0.2, 0) is 11.3 Å². The number of benzene rings is 2. The minimum atomic E-state index is 0.0530. The molecule has 0 radical (unpaired) electrons. The van der Waals surface area contributed by atoms with Crippen LogP contribution in [0.3, 0.4) is 0 Å². The van der Waals surface area contributed by atoms with Gasteiger partial charge < -0.3 is 14.9 Å². The van der Waals surface area contributed by atoms with E-state index in [-0.39, 0.29) is 11.8 Å². The summed E-state index contributed by atoms with van der Waals surface area (Å²) in [5.41, 5.74) is 2.99. The molecule has 0 spiro atoms. The van der Waals surface area contributed by atoms with Gasteiger partial charge in [-0.25, -0.2) is 0 Å². The Bertz CT molecular complexity index is 732. The lowest BCUT2D eigenvalue weighted by Gasteiger charge is -2.07. The zero-order chi connectivity index (χ0) is 16.9. The maximum atomic E-state index is 10.8. The van der Waals surface area contributed by atoms with Crippen LogP contribution in [0.4, 0.5) is 0 Å². The van der Waals surface area contributed by atoms with Gasteiger partial charge in [-0.05, 0) is 18.1 Å². The first-order chi connectivity index (χ1) is 11.7. The van der Waals surface area contributed by atoms with E-state index in [9.17, 15) is 10.2 Å². The third-order valence-electron chi connectivity index (χ3n) is 4.00. The fraction of sp³-hybridized carbons (Fsp3) is 0.200. The summed E-state index contributed by atoms with van der Waals surface area (Å²) < 4.78 is 6.87. The van der Waals surface area contributed by atoms with E-state index in [0.29, 0.717) is 30.9 Å². The minimum absolute atomic E-state index is 0.0530. The molecule has 0 aliphatic heterocycles. The third kappa shape index (κ3) is 3.01. The minimum Gasteiger partial charge on any atom is -0.494 e. The van der Waals surface area contributed by atoms with Crippen molar-refractivity contribution in [3.8, 4) is 34.0 Å². The van der Waals surface area contributed by atoms with Gasteiger partial charge in [0.25, 0.3) is 0 Å². The molecule has 0 unspecified atom stereocenters. The highest BCUT2D eigenvalue weighted by Crippen LogP contribution is 2.46. The summed E-state index contributed by atoms with van der Waals surface area (Å²) in [4.78, 5) is 0. The van der Waals surface area contributed by atoms with Crippen molar-refractivity contribution in [2.75, 3.05) is 13.2 Å². The maximum Gasteiger partial charge on any atom is 0.202 e. The number of aromatic nitrogens is 1. The van der Waals surface area contributed by atoms with Crippen LogP contribution in [0.2, 0.25) is 0 Å². The highest BCUT2D eigenvalue weighted by atomic mass is 16.5. The van der Waals surface area contributed by atoms with Gasteiger partial charge in [-0.15, -0.1) is 0 Å². The van der Waals surface area contributed by atoms with Crippen LogP contribution >= 0.6 is 0 Å². The molecule has 3 aromatic rings. The Balaban J connectivity index is 2.17. The summed E-state index contributed by atoms with van der Waals surface area (Å²) in [6, 6.07) is 19.2. The summed E-state index contributed by atoms with van der Waals surface area (Å²) in [6.07, 6.45) is 0. The van der Waals surface area contributed by atoms with Crippen molar-refractivity contribution in [2.45, 2.75) is 13.5 Å². The molecule has 0 bridgehead atoms. The van der Waals surface area contributed by atoms with Crippen molar-refractivity contribution in [3.05, 3.63) is 60.7 Å². The van der Waals surface area contributed by atoms with Crippen molar-refractivity contribution in [2.24, 2.45) is 0 Å². The standard InChI is InChI=1S/C20H21NO3/c1-2-24-14-13-21-19(22)17(15-9-5-3-6-10-15)18(20(21)23)16-11-7-4-8-12-16/h3-12,22-23H,2,13-14H2,1H3. The lowest BCUT2D eigenvalue weighted by molar-refractivity contribution is 0.134. The fourth-order valence-corrected chi connectivity index (χ4v) is 2.86. The van der Waals surface area contributed by atoms with Crippen molar-refractivity contribution in [1.82, 2.24) is 4.57 Å². The summed E-state index contributed by atoms with van der Waals surface area (Å²) in [7, 11) is 0. The van der Waals surface area contributed by atoms with Gasteiger partial charge in [0.15, 0.2) is 0 Å². The number of ether oxygens (including phenoxy) is 1. The summed E-state index contributed by atoms with van der Waals surface area (Å²) in [5.74, 6) is 0.106. The van der Waals surface area contributed by atoms with Crippen LogP contribution < -0.4 is 0 Å². The quantitative estimate of drug-likeness (QED) is 0.666. The molecule has 1 aromatic heterocycles. The molecule has 124 valence electrons. The van der Waals surface area contributed by atoms with E-state index >= 15 is 0 Å². The first kappa shape index (κ1) is 16.1. The summed E-state index contributed by atoms with van der Waals surface area (Å²) in [6.45, 7) is 3.33. The largest absolute Gasteiger partial charge is 0.494 e. The molecule has 0 amide bonds. The molecule has 1 heterocycles. The zero-order valence-corrected chi connectivity index (χ0v) is 13.6. The molecule has 0 aliphatic rings. The Morgan fingerprint density at radius 2 is 1.25 bits per heavy atom. The Kier molecular flexibility index (Phi) is 4.87. The van der Waals surface area contributed by atoms with Crippen LogP contribution in [0.15, 0.2) is 60.7 Å². The van der Waals surface area contributed by atoms with Gasteiger partial charge in [-0.2, -0.15) is 0 Å². The van der Waals surface area contributed by atoms with Gasteiger partial charge in [0.2, 0.25) is 11.8 Å². The van der Waals surface area contributed by atoms with Crippen LogP contribution in [0.5, 0.6) is 11.8 Å². The fourth-order valence-electron chi connectivity index (χ4n) is 2.86. The molecule has 4 heteroatoms. The van der Waals surface area contributed by atoms with Gasteiger partial charge >= 0.3 is 0 Å². The van der Waals surface area contributed by atoms with Gasteiger partial charge in [-0.3, -0.25) is 4.57 Å². The highest BCUT2D eigenvalue weighted by molar-refractivity contribution is 5.91. The van der Waals surface area contributed by atoms with Gasteiger partial charge in [0, 0.05) is 6.61 Å². The number of nitrogens with zero attached hydrogens (tertiary/aromatic N) is 1. The maximum absolute atomic E-state index is 10.8. The zero-order valence-electron chi connectivity index (χ0n) is 13.6. The first-order valence-corrected chi connectivity index (χ1v) is 8.07. The van der Waals surface area contributed by atoms with Gasteiger partial charge in [-0.1, -0.05) is 60.7 Å². The van der Waals surface area contributed by atoms with E-state index in [0.717, 1.165) is 11.1 Å². The predicted molar refractivity (Wildman–Crippen MR) is 95.1 cm³/mol. The molecule has 24 heavy (non-hydrogen) atoms. The molecule has 2 aromatic carbocycles. The molecule has 2 N–H and O–H groups in total. The van der Waals surface area contributed by atoms with Crippen LogP contribution in [-0.4, -0.2) is 28.0 Å².